The molecule has 1 aromatic rings. The maximum atomic E-state index is 13.1. The molecule has 0 unspecified atom stereocenters. The molecule has 5 heteroatoms. The van der Waals surface area contributed by atoms with Gasteiger partial charge < -0.3 is 13.9 Å². The van der Waals surface area contributed by atoms with Crippen LogP contribution in [0, 0.1) is 5.82 Å². The highest BCUT2D eigenvalue weighted by molar-refractivity contribution is 5.98. The molecule has 0 fully saturated rings. The Balaban J connectivity index is 2.66. The van der Waals surface area contributed by atoms with Crippen LogP contribution in [0.15, 0.2) is 24.3 Å². The third-order valence-corrected chi connectivity index (χ3v) is 2.80. The van der Waals surface area contributed by atoms with Crippen molar-refractivity contribution in [3.8, 4) is 0 Å². The second-order valence-electron chi connectivity index (χ2n) is 3.78. The molecule has 0 aliphatic rings. The van der Waals surface area contributed by atoms with Gasteiger partial charge in [-0.15, -0.1) is 0 Å². The van der Waals surface area contributed by atoms with Crippen molar-refractivity contribution in [3.05, 3.63) is 35.6 Å². The van der Waals surface area contributed by atoms with Crippen molar-refractivity contribution >= 4 is 10.5 Å². The summed E-state index contributed by atoms with van der Waals surface area (Å²) in [5.41, 5.74) is 0.877. The third-order valence-electron chi connectivity index (χ3n) is 2.49. The Labute approximate surface area is 111 Å². The molecule has 0 saturated heterocycles. The first-order chi connectivity index (χ1) is 8.65. The van der Waals surface area contributed by atoms with Crippen molar-refractivity contribution in [2.75, 3.05) is 13.2 Å². The van der Waals surface area contributed by atoms with E-state index in [0.717, 1.165) is 5.56 Å². The van der Waals surface area contributed by atoms with Crippen molar-refractivity contribution in [2.45, 2.75) is 32.7 Å². The van der Waals surface area contributed by atoms with Crippen LogP contribution >= 0.6 is 0 Å². The second kappa shape index (κ2) is 7.63. The lowest BCUT2D eigenvalue weighted by molar-refractivity contribution is -0.343. The Morgan fingerprint density at radius 3 is 2.39 bits per heavy atom. The van der Waals surface area contributed by atoms with Gasteiger partial charge in [-0.05, 0) is 38.0 Å². The second-order valence-corrected chi connectivity index (χ2v) is 3.99. The van der Waals surface area contributed by atoms with E-state index in [9.17, 15) is 4.39 Å². The van der Waals surface area contributed by atoms with Crippen molar-refractivity contribution in [3.63, 3.8) is 0 Å². The largest absolute Gasteiger partial charge is 0.371 e. The summed E-state index contributed by atoms with van der Waals surface area (Å²) >= 11 is 0. The minimum Gasteiger partial charge on any atom is -0.371 e. The van der Waals surface area contributed by atoms with E-state index < -0.39 is 5.97 Å². The predicted octanol–water partition coefficient (Wildman–Crippen LogP) is 2.59. The number of benzene rings is 1. The van der Waals surface area contributed by atoms with Crippen molar-refractivity contribution < 1.29 is 18.3 Å². The summed E-state index contributed by atoms with van der Waals surface area (Å²) in [6.45, 7) is 4.66. The highest BCUT2D eigenvalue weighted by Crippen LogP contribution is 2.22. The molecule has 1 aromatic carbocycles. The van der Waals surface area contributed by atoms with Crippen LogP contribution in [0.1, 0.15) is 25.8 Å². The molecule has 0 aromatic heterocycles. The molecule has 0 amide bonds. The van der Waals surface area contributed by atoms with E-state index in [2.05, 4.69) is 10.5 Å². The van der Waals surface area contributed by atoms with Gasteiger partial charge in [0.25, 0.3) is 16.5 Å². The first-order valence-electron chi connectivity index (χ1n) is 6.03. The quantitative estimate of drug-likeness (QED) is 0.536. The van der Waals surface area contributed by atoms with E-state index in [4.69, 9.17) is 13.9 Å². The number of aryl methyl sites for hydroxylation is 1. The zero-order chi connectivity index (χ0) is 13.4. The summed E-state index contributed by atoms with van der Waals surface area (Å²) in [7, 11) is 2.99. The van der Waals surface area contributed by atoms with E-state index in [0.29, 0.717) is 26.1 Å². The zero-order valence-electron chi connectivity index (χ0n) is 10.7. The van der Waals surface area contributed by atoms with Gasteiger partial charge in [0.15, 0.2) is 0 Å². The summed E-state index contributed by atoms with van der Waals surface area (Å²) in [5, 5.41) is 0. The van der Waals surface area contributed by atoms with Crippen LogP contribution in [-0.4, -0.2) is 29.7 Å². The van der Waals surface area contributed by atoms with Crippen LogP contribution < -0.4 is 0 Å². The fourth-order valence-electron chi connectivity index (χ4n) is 1.73. The van der Waals surface area contributed by atoms with Gasteiger partial charge in [-0.2, -0.15) is 0 Å². The maximum absolute atomic E-state index is 13.1. The lowest BCUT2D eigenvalue weighted by atomic mass is 10.1. The topological polar surface area (TPSA) is 27.7 Å². The minimum atomic E-state index is -1.12. The van der Waals surface area contributed by atoms with Gasteiger partial charge in [0.1, 0.15) is 5.82 Å². The first kappa shape index (κ1) is 15.3. The molecule has 0 saturated carbocycles. The molecule has 0 N–H and O–H groups in total. The van der Waals surface area contributed by atoms with Gasteiger partial charge in [-0.3, -0.25) is 0 Å². The molecule has 0 heterocycles. The number of ether oxygens (including phenoxy) is 2. The lowest BCUT2D eigenvalue weighted by Crippen LogP contribution is -2.39. The average Bonchev–Trinajstić information content (AvgIpc) is 2.37. The van der Waals surface area contributed by atoms with Gasteiger partial charge in [0.2, 0.25) is 0 Å². The highest BCUT2D eigenvalue weighted by Gasteiger charge is 2.30. The molecule has 3 radical (unpaired) electrons. The normalized spacial score (nSPS) is 11.8. The molecule has 0 spiro atoms. The molecular formula is C13H18FO3Si. The van der Waals surface area contributed by atoms with Crippen LogP contribution in [-0.2, 0) is 20.3 Å². The SMILES string of the molecule is CCOC(CCc1cccc(F)c1)(O[Si])OCC. The molecule has 3 nitrogen and oxygen atoms in total. The van der Waals surface area contributed by atoms with Gasteiger partial charge in [-0.1, -0.05) is 12.1 Å². The van der Waals surface area contributed by atoms with Crippen LogP contribution in [0.4, 0.5) is 4.39 Å². The van der Waals surface area contributed by atoms with E-state index in [1.54, 1.807) is 6.07 Å². The van der Waals surface area contributed by atoms with Crippen molar-refractivity contribution in [2.24, 2.45) is 0 Å². The monoisotopic (exact) mass is 269 g/mol. The zero-order valence-corrected chi connectivity index (χ0v) is 11.7. The van der Waals surface area contributed by atoms with E-state index >= 15 is 0 Å². The first-order valence-corrected chi connectivity index (χ1v) is 6.43. The minimum absolute atomic E-state index is 0.245. The van der Waals surface area contributed by atoms with Gasteiger partial charge >= 0.3 is 0 Å². The van der Waals surface area contributed by atoms with Crippen LogP contribution in [0.5, 0.6) is 0 Å². The standard InChI is InChI=1S/C13H18FO3Si/c1-3-15-13(17-18,16-4-2)9-8-11-6-5-7-12(14)10-11/h5-7,10H,3-4,8-9H2,1-2H3. The highest BCUT2D eigenvalue weighted by atomic mass is 28.2. The van der Waals surface area contributed by atoms with Gasteiger partial charge in [0.05, 0.1) is 0 Å². The van der Waals surface area contributed by atoms with Crippen LogP contribution in [0.3, 0.4) is 0 Å². The number of hydrogen-bond acceptors (Lipinski definition) is 3. The van der Waals surface area contributed by atoms with E-state index in [1.165, 1.54) is 12.1 Å². The number of rotatable bonds is 8. The fraction of sp³-hybridized carbons (Fsp3) is 0.538. The van der Waals surface area contributed by atoms with Crippen molar-refractivity contribution in [1.29, 1.82) is 0 Å². The molecule has 0 aliphatic carbocycles. The Bertz CT molecular complexity index is 354. The lowest BCUT2D eigenvalue weighted by Gasteiger charge is -2.31. The molecule has 18 heavy (non-hydrogen) atoms. The molecular weight excluding hydrogens is 251 g/mol. The summed E-state index contributed by atoms with van der Waals surface area (Å²) in [6, 6.07) is 6.46. The fourth-order valence-corrected chi connectivity index (χ4v) is 1.95. The molecule has 0 atom stereocenters. The van der Waals surface area contributed by atoms with Crippen LogP contribution in [0.2, 0.25) is 0 Å². The Kier molecular flexibility index (Phi) is 6.49. The number of hydrogen-bond donors (Lipinski definition) is 0. The summed E-state index contributed by atoms with van der Waals surface area (Å²) < 4.78 is 29.2. The molecule has 99 valence electrons. The molecule has 1 rings (SSSR count). The van der Waals surface area contributed by atoms with E-state index in [-0.39, 0.29) is 5.82 Å². The molecule has 0 aliphatic heterocycles. The van der Waals surface area contributed by atoms with Gasteiger partial charge in [-0.25, -0.2) is 4.39 Å². The Morgan fingerprint density at radius 1 is 1.22 bits per heavy atom. The average molecular weight is 269 g/mol. The smallest absolute Gasteiger partial charge is 0.273 e. The maximum Gasteiger partial charge on any atom is 0.273 e. The van der Waals surface area contributed by atoms with Crippen LogP contribution in [0.25, 0.3) is 0 Å². The summed E-state index contributed by atoms with van der Waals surface area (Å²) in [6.07, 6.45) is 1.07. The Morgan fingerprint density at radius 2 is 1.89 bits per heavy atom. The van der Waals surface area contributed by atoms with Gasteiger partial charge in [0, 0.05) is 19.6 Å². The molecule has 0 bridgehead atoms. The Hall–Kier alpha value is -0.753. The predicted molar refractivity (Wildman–Crippen MR) is 67.5 cm³/mol. The third kappa shape index (κ3) is 4.49. The number of halogens is 1. The summed E-state index contributed by atoms with van der Waals surface area (Å²) in [5.74, 6) is -1.36. The summed E-state index contributed by atoms with van der Waals surface area (Å²) in [4.78, 5) is 0. The van der Waals surface area contributed by atoms with E-state index in [1.807, 2.05) is 19.9 Å². The van der Waals surface area contributed by atoms with Crippen molar-refractivity contribution in [1.82, 2.24) is 0 Å².